The Balaban J connectivity index is 2.48. The van der Waals surface area contributed by atoms with Crippen LogP contribution in [0.5, 0.6) is 0 Å². The van der Waals surface area contributed by atoms with Crippen molar-refractivity contribution in [2.45, 2.75) is 13.3 Å². The fourth-order valence-electron chi connectivity index (χ4n) is 1.41. The average molecular weight is 206 g/mol. The lowest BCUT2D eigenvalue weighted by atomic mass is 10.3. The Morgan fingerprint density at radius 3 is 2.47 bits per heavy atom. The van der Waals surface area contributed by atoms with Crippen molar-refractivity contribution in [3.05, 3.63) is 11.8 Å². The topological polar surface area (TPSA) is 74.5 Å². The summed E-state index contributed by atoms with van der Waals surface area (Å²) in [6.45, 7) is 2.06. The van der Waals surface area contributed by atoms with Crippen molar-refractivity contribution in [1.82, 2.24) is 24.5 Å². The molecule has 0 fully saturated rings. The Hall–Kier alpha value is -1.85. The lowest BCUT2D eigenvalue weighted by Crippen LogP contribution is -1.97. The van der Waals surface area contributed by atoms with E-state index in [0.29, 0.717) is 11.8 Å². The van der Waals surface area contributed by atoms with Crippen LogP contribution in [0.1, 0.15) is 12.6 Å². The van der Waals surface area contributed by atoms with Crippen molar-refractivity contribution in [2.75, 3.05) is 5.73 Å². The van der Waals surface area contributed by atoms with Gasteiger partial charge in [0.25, 0.3) is 0 Å². The summed E-state index contributed by atoms with van der Waals surface area (Å²) in [5.41, 5.74) is 7.54. The van der Waals surface area contributed by atoms with Crippen molar-refractivity contribution in [2.24, 2.45) is 14.1 Å². The first-order valence-electron chi connectivity index (χ1n) is 4.81. The minimum Gasteiger partial charge on any atom is -0.368 e. The lowest BCUT2D eigenvalue weighted by Gasteiger charge is -1.93. The smallest absolute Gasteiger partial charge is 0.218 e. The summed E-state index contributed by atoms with van der Waals surface area (Å²) in [6, 6.07) is 1.98. The number of aryl methyl sites for hydroxylation is 3. The van der Waals surface area contributed by atoms with Gasteiger partial charge in [0.1, 0.15) is 5.69 Å². The maximum absolute atomic E-state index is 5.63. The predicted octanol–water partition coefficient (Wildman–Crippen LogP) is 0.360. The van der Waals surface area contributed by atoms with Gasteiger partial charge >= 0.3 is 0 Å². The third-order valence-electron chi connectivity index (χ3n) is 2.32. The normalized spacial score (nSPS) is 10.9. The van der Waals surface area contributed by atoms with Crippen molar-refractivity contribution >= 4 is 5.95 Å². The first kappa shape index (κ1) is 9.70. The quantitative estimate of drug-likeness (QED) is 0.769. The fourth-order valence-corrected chi connectivity index (χ4v) is 1.41. The zero-order valence-electron chi connectivity index (χ0n) is 9.10. The molecular weight excluding hydrogens is 192 g/mol. The van der Waals surface area contributed by atoms with Crippen LogP contribution in [0.4, 0.5) is 5.95 Å². The Bertz CT molecular complexity index is 461. The molecule has 2 heterocycles. The summed E-state index contributed by atoms with van der Waals surface area (Å²) in [6.07, 6.45) is 0.899. The van der Waals surface area contributed by atoms with Gasteiger partial charge in [0.15, 0.2) is 0 Å². The highest BCUT2D eigenvalue weighted by atomic mass is 15.4. The molecule has 2 aromatic heterocycles. The SMILES string of the molecule is CCc1cc(-c2nc(N)n(C)n2)n(C)n1. The van der Waals surface area contributed by atoms with Crippen LogP contribution in [-0.4, -0.2) is 24.5 Å². The van der Waals surface area contributed by atoms with Crippen LogP contribution < -0.4 is 5.73 Å². The summed E-state index contributed by atoms with van der Waals surface area (Å²) in [5.74, 6) is 1.02. The Labute approximate surface area is 87.7 Å². The Morgan fingerprint density at radius 2 is 2.00 bits per heavy atom. The maximum atomic E-state index is 5.63. The van der Waals surface area contributed by atoms with E-state index in [-0.39, 0.29) is 0 Å². The average Bonchev–Trinajstić information content (AvgIpc) is 2.71. The third kappa shape index (κ3) is 1.58. The molecule has 0 radical (unpaired) electrons. The van der Waals surface area contributed by atoms with Gasteiger partial charge in [-0.05, 0) is 12.5 Å². The van der Waals surface area contributed by atoms with Gasteiger partial charge in [-0.25, -0.2) is 4.68 Å². The van der Waals surface area contributed by atoms with Crippen LogP contribution in [0.3, 0.4) is 0 Å². The molecule has 2 rings (SSSR count). The highest BCUT2D eigenvalue weighted by molar-refractivity contribution is 5.51. The predicted molar refractivity (Wildman–Crippen MR) is 57.0 cm³/mol. The van der Waals surface area contributed by atoms with E-state index in [4.69, 9.17) is 5.73 Å². The second-order valence-corrected chi connectivity index (χ2v) is 3.42. The molecule has 0 aliphatic heterocycles. The van der Waals surface area contributed by atoms with Crippen LogP contribution >= 0.6 is 0 Å². The molecule has 0 spiro atoms. The van der Waals surface area contributed by atoms with E-state index < -0.39 is 0 Å². The van der Waals surface area contributed by atoms with Crippen LogP contribution in [0, 0.1) is 0 Å². The number of nitrogen functional groups attached to an aromatic ring is 1. The van der Waals surface area contributed by atoms with E-state index in [2.05, 4.69) is 22.1 Å². The number of anilines is 1. The molecule has 80 valence electrons. The van der Waals surface area contributed by atoms with Gasteiger partial charge < -0.3 is 5.73 Å². The van der Waals surface area contributed by atoms with E-state index in [1.165, 1.54) is 0 Å². The number of aromatic nitrogens is 5. The van der Waals surface area contributed by atoms with Crippen molar-refractivity contribution < 1.29 is 0 Å². The number of nitrogens with two attached hydrogens (primary N) is 1. The van der Waals surface area contributed by atoms with Gasteiger partial charge in [-0.15, -0.1) is 5.10 Å². The summed E-state index contributed by atoms with van der Waals surface area (Å²) in [5, 5.41) is 8.54. The Kier molecular flexibility index (Phi) is 2.18. The number of hydrogen-bond donors (Lipinski definition) is 1. The van der Waals surface area contributed by atoms with E-state index in [1.54, 1.807) is 16.4 Å². The van der Waals surface area contributed by atoms with Gasteiger partial charge in [0.2, 0.25) is 11.8 Å². The molecular formula is C9H14N6. The molecule has 6 nitrogen and oxygen atoms in total. The zero-order chi connectivity index (χ0) is 11.0. The van der Waals surface area contributed by atoms with Crippen LogP contribution in [0.2, 0.25) is 0 Å². The monoisotopic (exact) mass is 206 g/mol. The fraction of sp³-hybridized carbons (Fsp3) is 0.444. The summed E-state index contributed by atoms with van der Waals surface area (Å²) < 4.78 is 3.32. The van der Waals surface area contributed by atoms with Gasteiger partial charge in [-0.1, -0.05) is 6.92 Å². The molecule has 0 aromatic carbocycles. The number of rotatable bonds is 2. The van der Waals surface area contributed by atoms with Crippen LogP contribution in [0.25, 0.3) is 11.5 Å². The Morgan fingerprint density at radius 1 is 1.27 bits per heavy atom. The van der Waals surface area contributed by atoms with Crippen molar-refractivity contribution in [3.8, 4) is 11.5 Å². The molecule has 2 aromatic rings. The molecule has 15 heavy (non-hydrogen) atoms. The second-order valence-electron chi connectivity index (χ2n) is 3.42. The molecule has 0 saturated carbocycles. The van der Waals surface area contributed by atoms with Crippen LogP contribution in [0.15, 0.2) is 6.07 Å². The molecule has 0 atom stereocenters. The summed E-state index contributed by atoms with van der Waals surface area (Å²) >= 11 is 0. The molecule has 6 heteroatoms. The van der Waals surface area contributed by atoms with Gasteiger partial charge in [0, 0.05) is 14.1 Å². The van der Waals surface area contributed by atoms with Crippen molar-refractivity contribution in [3.63, 3.8) is 0 Å². The first-order valence-corrected chi connectivity index (χ1v) is 4.81. The summed E-state index contributed by atoms with van der Waals surface area (Å²) in [7, 11) is 3.64. The highest BCUT2D eigenvalue weighted by Crippen LogP contribution is 2.16. The van der Waals surface area contributed by atoms with E-state index in [0.717, 1.165) is 17.8 Å². The first-order chi connectivity index (χ1) is 7.11. The van der Waals surface area contributed by atoms with Crippen molar-refractivity contribution in [1.29, 1.82) is 0 Å². The molecule has 0 bridgehead atoms. The minimum atomic E-state index is 0.407. The minimum absolute atomic E-state index is 0.407. The number of nitrogens with zero attached hydrogens (tertiary/aromatic N) is 5. The molecule has 0 unspecified atom stereocenters. The zero-order valence-corrected chi connectivity index (χ0v) is 9.10. The lowest BCUT2D eigenvalue weighted by molar-refractivity contribution is 0.740. The molecule has 0 amide bonds. The third-order valence-corrected chi connectivity index (χ3v) is 2.32. The second kappa shape index (κ2) is 3.38. The van der Waals surface area contributed by atoms with E-state index in [1.807, 2.05) is 13.1 Å². The van der Waals surface area contributed by atoms with E-state index in [9.17, 15) is 0 Å². The molecule has 0 aliphatic rings. The van der Waals surface area contributed by atoms with E-state index >= 15 is 0 Å². The number of hydrogen-bond acceptors (Lipinski definition) is 4. The van der Waals surface area contributed by atoms with Gasteiger partial charge in [-0.2, -0.15) is 10.1 Å². The largest absolute Gasteiger partial charge is 0.368 e. The standard InChI is InChI=1S/C9H14N6/c1-4-6-5-7(14(2)12-6)8-11-9(10)15(3)13-8/h5H,4H2,1-3H3,(H2,10,11,13). The van der Waals surface area contributed by atoms with Crippen LogP contribution in [-0.2, 0) is 20.5 Å². The van der Waals surface area contributed by atoms with Gasteiger partial charge in [-0.3, -0.25) is 4.68 Å². The maximum Gasteiger partial charge on any atom is 0.218 e. The summed E-state index contributed by atoms with van der Waals surface area (Å²) in [4.78, 5) is 4.16. The van der Waals surface area contributed by atoms with Gasteiger partial charge in [0.05, 0.1) is 5.69 Å². The molecule has 0 saturated heterocycles. The molecule has 2 N–H and O–H groups in total. The highest BCUT2D eigenvalue weighted by Gasteiger charge is 2.12. The molecule has 0 aliphatic carbocycles.